The third-order valence-electron chi connectivity index (χ3n) is 3.82. The summed E-state index contributed by atoms with van der Waals surface area (Å²) in [6.07, 6.45) is 0.662. The Bertz CT molecular complexity index is 630. The Morgan fingerprint density at radius 2 is 1.95 bits per heavy atom. The predicted octanol–water partition coefficient (Wildman–Crippen LogP) is 2.91. The average Bonchev–Trinajstić information content (AvgIpc) is 3.00. The minimum absolute atomic E-state index is 0.158. The third-order valence-corrected chi connectivity index (χ3v) is 3.82. The second kappa shape index (κ2) is 5.58. The highest BCUT2D eigenvalue weighted by molar-refractivity contribution is 5.34. The first kappa shape index (κ1) is 14.8. The summed E-state index contributed by atoms with van der Waals surface area (Å²) in [5.41, 5.74) is -0.561. The number of alkyl halides is 3. The van der Waals surface area contributed by atoms with Gasteiger partial charge in [-0.05, 0) is 25.8 Å². The van der Waals surface area contributed by atoms with E-state index in [9.17, 15) is 13.2 Å². The van der Waals surface area contributed by atoms with Crippen molar-refractivity contribution in [3.8, 4) is 0 Å². The summed E-state index contributed by atoms with van der Waals surface area (Å²) >= 11 is 0. The van der Waals surface area contributed by atoms with Crippen LogP contribution in [0.1, 0.15) is 36.0 Å². The van der Waals surface area contributed by atoms with Crippen LogP contribution in [0.4, 0.5) is 19.1 Å². The first-order chi connectivity index (χ1) is 10.4. The van der Waals surface area contributed by atoms with E-state index in [1.807, 2.05) is 4.90 Å². The van der Waals surface area contributed by atoms with E-state index in [4.69, 9.17) is 0 Å². The molecule has 5 nitrogen and oxygen atoms in total. The number of rotatable bonds is 2. The standard InChI is InChI=1S/C14H16F3N5/c1-9-8-11(14(15,16)17)21-13(20-9)22-6-2-10(3-7-22)12-18-4-5-19-12/h4-5,8,10H,2-3,6-7H2,1H3,(H,18,19). The van der Waals surface area contributed by atoms with E-state index in [1.165, 1.54) is 0 Å². The van der Waals surface area contributed by atoms with Crippen molar-refractivity contribution < 1.29 is 13.2 Å². The highest BCUT2D eigenvalue weighted by atomic mass is 19.4. The molecule has 0 saturated carbocycles. The van der Waals surface area contributed by atoms with Crippen LogP contribution in [-0.4, -0.2) is 33.0 Å². The molecule has 2 aromatic heterocycles. The molecule has 22 heavy (non-hydrogen) atoms. The van der Waals surface area contributed by atoms with Crippen LogP contribution in [0, 0.1) is 6.92 Å². The summed E-state index contributed by atoms with van der Waals surface area (Å²) in [5, 5.41) is 0. The SMILES string of the molecule is Cc1cc(C(F)(F)F)nc(N2CCC(c3ncc[nH]3)CC2)n1. The molecule has 3 rings (SSSR count). The lowest BCUT2D eigenvalue weighted by molar-refractivity contribution is -0.141. The minimum atomic E-state index is -4.45. The van der Waals surface area contributed by atoms with Gasteiger partial charge in [0.15, 0.2) is 0 Å². The summed E-state index contributed by atoms with van der Waals surface area (Å²) in [7, 11) is 0. The van der Waals surface area contributed by atoms with Crippen molar-refractivity contribution in [1.82, 2.24) is 19.9 Å². The second-order valence-electron chi connectivity index (χ2n) is 5.43. The molecule has 2 aromatic rings. The van der Waals surface area contributed by atoms with E-state index < -0.39 is 11.9 Å². The van der Waals surface area contributed by atoms with Gasteiger partial charge < -0.3 is 9.88 Å². The van der Waals surface area contributed by atoms with E-state index in [0.717, 1.165) is 24.7 Å². The zero-order chi connectivity index (χ0) is 15.7. The van der Waals surface area contributed by atoms with Gasteiger partial charge in [-0.15, -0.1) is 0 Å². The number of aromatic amines is 1. The van der Waals surface area contributed by atoms with Crippen LogP contribution in [-0.2, 0) is 6.18 Å². The van der Waals surface area contributed by atoms with E-state index >= 15 is 0 Å². The van der Waals surface area contributed by atoms with Crippen LogP contribution in [0.3, 0.4) is 0 Å². The van der Waals surface area contributed by atoms with Gasteiger partial charge in [0, 0.05) is 37.1 Å². The molecule has 0 atom stereocenters. The lowest BCUT2D eigenvalue weighted by Gasteiger charge is -2.31. The van der Waals surface area contributed by atoms with Crippen LogP contribution < -0.4 is 4.90 Å². The van der Waals surface area contributed by atoms with Gasteiger partial charge in [0.1, 0.15) is 11.5 Å². The van der Waals surface area contributed by atoms with Gasteiger partial charge in [-0.2, -0.15) is 13.2 Å². The quantitative estimate of drug-likeness (QED) is 0.926. The number of H-pyrrole nitrogens is 1. The summed E-state index contributed by atoms with van der Waals surface area (Å²) < 4.78 is 38.5. The second-order valence-corrected chi connectivity index (χ2v) is 5.43. The van der Waals surface area contributed by atoms with Crippen LogP contribution in [0.2, 0.25) is 0 Å². The molecule has 0 aromatic carbocycles. The van der Waals surface area contributed by atoms with Gasteiger partial charge in [0.2, 0.25) is 5.95 Å². The fourth-order valence-electron chi connectivity index (χ4n) is 2.69. The summed E-state index contributed by atoms with van der Waals surface area (Å²) in [6.45, 7) is 2.79. The van der Waals surface area contributed by atoms with Crippen LogP contribution in [0.15, 0.2) is 18.5 Å². The van der Waals surface area contributed by atoms with E-state index in [2.05, 4.69) is 19.9 Å². The molecule has 0 aliphatic carbocycles. The molecule has 3 heterocycles. The molecular weight excluding hydrogens is 295 g/mol. The number of imidazole rings is 1. The number of anilines is 1. The molecule has 0 bridgehead atoms. The summed E-state index contributed by atoms with van der Waals surface area (Å²) in [5.74, 6) is 1.39. The van der Waals surface area contributed by atoms with Crippen molar-refractivity contribution in [2.24, 2.45) is 0 Å². The maximum absolute atomic E-state index is 12.8. The fraction of sp³-hybridized carbons (Fsp3) is 0.500. The van der Waals surface area contributed by atoms with Gasteiger partial charge in [0.25, 0.3) is 0 Å². The summed E-state index contributed by atoms with van der Waals surface area (Å²) in [4.78, 5) is 17.0. The van der Waals surface area contributed by atoms with Crippen LogP contribution in [0.5, 0.6) is 0 Å². The maximum Gasteiger partial charge on any atom is 0.433 e. The van der Waals surface area contributed by atoms with Gasteiger partial charge in [0.05, 0.1) is 0 Å². The highest BCUT2D eigenvalue weighted by Gasteiger charge is 2.34. The fourth-order valence-corrected chi connectivity index (χ4v) is 2.69. The monoisotopic (exact) mass is 311 g/mol. The van der Waals surface area contributed by atoms with Crippen LogP contribution >= 0.6 is 0 Å². The lowest BCUT2D eigenvalue weighted by Crippen LogP contribution is -2.35. The number of hydrogen-bond donors (Lipinski definition) is 1. The average molecular weight is 311 g/mol. The van der Waals surface area contributed by atoms with Gasteiger partial charge >= 0.3 is 6.18 Å². The molecule has 0 spiro atoms. The van der Waals surface area contributed by atoms with Gasteiger partial charge in [-0.25, -0.2) is 15.0 Å². The van der Waals surface area contributed by atoms with Crippen LogP contribution in [0.25, 0.3) is 0 Å². The number of nitrogens with one attached hydrogen (secondary N) is 1. The third kappa shape index (κ3) is 3.05. The van der Waals surface area contributed by atoms with Crippen molar-refractivity contribution in [2.75, 3.05) is 18.0 Å². The number of nitrogens with zero attached hydrogens (tertiary/aromatic N) is 4. The van der Waals surface area contributed by atoms with E-state index in [-0.39, 0.29) is 5.95 Å². The Labute approximate surface area is 125 Å². The first-order valence-electron chi connectivity index (χ1n) is 7.10. The number of aryl methyl sites for hydroxylation is 1. The molecule has 0 radical (unpaired) electrons. The topological polar surface area (TPSA) is 57.7 Å². The predicted molar refractivity (Wildman–Crippen MR) is 74.5 cm³/mol. The molecule has 1 N–H and O–H groups in total. The Balaban J connectivity index is 1.75. The summed E-state index contributed by atoms with van der Waals surface area (Å²) in [6, 6.07) is 0.971. The lowest BCUT2D eigenvalue weighted by atomic mass is 9.96. The number of hydrogen-bond acceptors (Lipinski definition) is 4. The molecule has 1 saturated heterocycles. The Morgan fingerprint density at radius 3 is 2.55 bits per heavy atom. The minimum Gasteiger partial charge on any atom is -0.348 e. The van der Waals surface area contributed by atoms with Crippen molar-refractivity contribution in [3.63, 3.8) is 0 Å². The normalized spacial score (nSPS) is 17.0. The zero-order valence-corrected chi connectivity index (χ0v) is 12.1. The molecule has 1 aliphatic rings. The number of aromatic nitrogens is 4. The highest BCUT2D eigenvalue weighted by Crippen LogP contribution is 2.31. The van der Waals surface area contributed by atoms with Crippen molar-refractivity contribution >= 4 is 5.95 Å². The molecular formula is C14H16F3N5. The molecule has 118 valence electrons. The van der Waals surface area contributed by atoms with Crippen molar-refractivity contribution in [2.45, 2.75) is 31.9 Å². The first-order valence-corrected chi connectivity index (χ1v) is 7.10. The maximum atomic E-state index is 12.8. The molecule has 8 heteroatoms. The Hall–Kier alpha value is -2.12. The molecule has 1 aliphatic heterocycles. The van der Waals surface area contributed by atoms with Crippen molar-refractivity contribution in [1.29, 1.82) is 0 Å². The molecule has 1 fully saturated rings. The molecule has 0 amide bonds. The van der Waals surface area contributed by atoms with Gasteiger partial charge in [-0.3, -0.25) is 0 Å². The van der Waals surface area contributed by atoms with Gasteiger partial charge in [-0.1, -0.05) is 0 Å². The van der Waals surface area contributed by atoms with E-state index in [1.54, 1.807) is 19.3 Å². The smallest absolute Gasteiger partial charge is 0.348 e. The molecule has 0 unspecified atom stereocenters. The number of halogens is 3. The Morgan fingerprint density at radius 1 is 1.23 bits per heavy atom. The zero-order valence-electron chi connectivity index (χ0n) is 12.1. The van der Waals surface area contributed by atoms with E-state index in [0.29, 0.717) is 24.7 Å². The Kier molecular flexibility index (Phi) is 3.76. The largest absolute Gasteiger partial charge is 0.433 e. The number of piperidine rings is 1. The van der Waals surface area contributed by atoms with Crippen molar-refractivity contribution in [3.05, 3.63) is 35.7 Å².